The molecule has 0 spiro atoms. The van der Waals surface area contributed by atoms with Gasteiger partial charge in [-0.2, -0.15) is 5.21 Å². The number of hydrogen-bond donors (Lipinski definition) is 2. The van der Waals surface area contributed by atoms with Crippen molar-refractivity contribution in [1.29, 1.82) is 0 Å². The lowest BCUT2D eigenvalue weighted by Crippen LogP contribution is -2.32. The van der Waals surface area contributed by atoms with Crippen molar-refractivity contribution in [3.8, 4) is 0 Å². The van der Waals surface area contributed by atoms with E-state index in [1.54, 1.807) is 0 Å². The number of anilines is 2. The van der Waals surface area contributed by atoms with Crippen molar-refractivity contribution in [1.82, 2.24) is 20.6 Å². The van der Waals surface area contributed by atoms with Crippen molar-refractivity contribution >= 4 is 17.3 Å². The molecule has 0 aliphatic carbocycles. The quantitative estimate of drug-likeness (QED) is 0.896. The van der Waals surface area contributed by atoms with Gasteiger partial charge in [-0.3, -0.25) is 4.79 Å². The van der Waals surface area contributed by atoms with E-state index in [0.717, 1.165) is 24.7 Å². The van der Waals surface area contributed by atoms with Crippen molar-refractivity contribution in [3.05, 3.63) is 30.1 Å². The highest BCUT2D eigenvalue weighted by Crippen LogP contribution is 2.24. The van der Waals surface area contributed by atoms with Crippen molar-refractivity contribution in [3.63, 3.8) is 0 Å². The van der Waals surface area contributed by atoms with Crippen LogP contribution in [0.2, 0.25) is 0 Å². The first-order valence-electron chi connectivity index (χ1n) is 7.58. The van der Waals surface area contributed by atoms with Gasteiger partial charge in [-0.25, -0.2) is 0 Å². The van der Waals surface area contributed by atoms with Crippen molar-refractivity contribution in [2.24, 2.45) is 5.92 Å². The van der Waals surface area contributed by atoms with Crippen LogP contribution in [0.3, 0.4) is 0 Å². The molecule has 7 nitrogen and oxygen atoms in total. The van der Waals surface area contributed by atoms with Gasteiger partial charge in [-0.1, -0.05) is 12.1 Å². The summed E-state index contributed by atoms with van der Waals surface area (Å²) in [6, 6.07) is 7.98. The number of carbonyl (C=O) groups excluding carboxylic acids is 1. The fourth-order valence-corrected chi connectivity index (χ4v) is 2.63. The fourth-order valence-electron chi connectivity index (χ4n) is 2.63. The van der Waals surface area contributed by atoms with E-state index in [0.29, 0.717) is 5.82 Å². The van der Waals surface area contributed by atoms with Crippen LogP contribution in [0.4, 0.5) is 11.4 Å². The number of amides is 1. The minimum absolute atomic E-state index is 0.113. The Kier molecular flexibility index (Phi) is 4.32. The predicted octanol–water partition coefficient (Wildman–Crippen LogP) is 1.62. The topological polar surface area (TPSA) is 86.8 Å². The molecular formula is C15H20N6O. The number of aromatic nitrogens is 4. The van der Waals surface area contributed by atoms with Crippen molar-refractivity contribution in [2.45, 2.75) is 26.2 Å². The number of piperidine rings is 1. The molecule has 116 valence electrons. The largest absolute Gasteiger partial charge is 0.372 e. The van der Waals surface area contributed by atoms with Crippen LogP contribution in [0, 0.1) is 5.92 Å². The highest BCUT2D eigenvalue weighted by Gasteiger charge is 2.16. The van der Waals surface area contributed by atoms with Crippen LogP contribution in [0.15, 0.2) is 24.3 Å². The van der Waals surface area contributed by atoms with Gasteiger partial charge >= 0.3 is 0 Å². The van der Waals surface area contributed by atoms with Gasteiger partial charge in [0.15, 0.2) is 5.82 Å². The van der Waals surface area contributed by atoms with Crippen LogP contribution in [0.1, 0.15) is 25.6 Å². The summed E-state index contributed by atoms with van der Waals surface area (Å²) in [5, 5.41) is 16.1. The van der Waals surface area contributed by atoms with Crippen LogP contribution in [-0.2, 0) is 11.2 Å². The summed E-state index contributed by atoms with van der Waals surface area (Å²) in [5.41, 5.74) is 1.99. The Morgan fingerprint density at radius 2 is 2.05 bits per heavy atom. The normalized spacial score (nSPS) is 15.8. The lowest BCUT2D eigenvalue weighted by atomic mass is 9.99. The van der Waals surface area contributed by atoms with Gasteiger partial charge in [0.05, 0.1) is 6.42 Å². The van der Waals surface area contributed by atoms with E-state index in [9.17, 15) is 4.79 Å². The van der Waals surface area contributed by atoms with Crippen LogP contribution in [-0.4, -0.2) is 39.6 Å². The Labute approximate surface area is 129 Å². The SMILES string of the molecule is CC1CCN(c2ccc(NC(=O)Cc3nn[nH]n3)cc2)CC1. The lowest BCUT2D eigenvalue weighted by molar-refractivity contribution is -0.115. The Bertz CT molecular complexity index is 601. The molecule has 7 heteroatoms. The number of tetrazole rings is 1. The number of H-pyrrole nitrogens is 1. The number of aromatic amines is 1. The molecule has 0 radical (unpaired) electrons. The summed E-state index contributed by atoms with van der Waals surface area (Å²) in [4.78, 5) is 14.3. The minimum Gasteiger partial charge on any atom is -0.372 e. The van der Waals surface area contributed by atoms with Crippen molar-refractivity contribution < 1.29 is 4.79 Å². The molecule has 1 fully saturated rings. The molecule has 0 atom stereocenters. The molecule has 22 heavy (non-hydrogen) atoms. The average Bonchev–Trinajstić information content (AvgIpc) is 3.02. The maximum absolute atomic E-state index is 11.9. The Morgan fingerprint density at radius 1 is 1.32 bits per heavy atom. The van der Waals surface area contributed by atoms with Gasteiger partial charge in [0, 0.05) is 24.5 Å². The first-order chi connectivity index (χ1) is 10.7. The number of nitrogens with one attached hydrogen (secondary N) is 2. The standard InChI is InChI=1S/C15H20N6O/c1-11-6-8-21(9-7-11)13-4-2-12(3-5-13)16-15(22)10-14-17-19-20-18-14/h2-5,11H,6-10H2,1H3,(H,16,22)(H,17,18,19,20). The second kappa shape index (κ2) is 6.55. The highest BCUT2D eigenvalue weighted by molar-refractivity contribution is 5.91. The molecule has 0 saturated carbocycles. The van der Waals surface area contributed by atoms with Gasteiger partial charge < -0.3 is 10.2 Å². The summed E-state index contributed by atoms with van der Waals surface area (Å²) in [7, 11) is 0. The summed E-state index contributed by atoms with van der Waals surface area (Å²) < 4.78 is 0. The van der Waals surface area contributed by atoms with Gasteiger partial charge in [-0.05, 0) is 43.0 Å². The molecule has 1 aromatic carbocycles. The van der Waals surface area contributed by atoms with Crippen molar-refractivity contribution in [2.75, 3.05) is 23.3 Å². The highest BCUT2D eigenvalue weighted by atomic mass is 16.1. The van der Waals surface area contributed by atoms with Crippen LogP contribution in [0.25, 0.3) is 0 Å². The van der Waals surface area contributed by atoms with E-state index in [-0.39, 0.29) is 12.3 Å². The number of rotatable bonds is 4. The third kappa shape index (κ3) is 3.60. The fraction of sp³-hybridized carbons (Fsp3) is 0.467. The number of benzene rings is 1. The maximum Gasteiger partial charge on any atom is 0.232 e. The zero-order chi connectivity index (χ0) is 15.4. The predicted molar refractivity (Wildman–Crippen MR) is 83.6 cm³/mol. The van der Waals surface area contributed by atoms with Crippen LogP contribution < -0.4 is 10.2 Å². The zero-order valence-electron chi connectivity index (χ0n) is 12.6. The third-order valence-corrected chi connectivity index (χ3v) is 4.01. The first kappa shape index (κ1) is 14.5. The van der Waals surface area contributed by atoms with Gasteiger partial charge in [0.25, 0.3) is 0 Å². The number of hydrogen-bond acceptors (Lipinski definition) is 5. The molecule has 2 heterocycles. The average molecular weight is 300 g/mol. The second-order valence-corrected chi connectivity index (χ2v) is 5.77. The zero-order valence-corrected chi connectivity index (χ0v) is 12.6. The van der Waals surface area contributed by atoms with E-state index in [4.69, 9.17) is 0 Å². The Balaban J connectivity index is 1.56. The summed E-state index contributed by atoms with van der Waals surface area (Å²) >= 11 is 0. The molecule has 1 saturated heterocycles. The maximum atomic E-state index is 11.9. The Hall–Kier alpha value is -2.44. The molecule has 1 aliphatic heterocycles. The van der Waals surface area contributed by atoms with Gasteiger partial charge in [-0.15, -0.1) is 10.2 Å². The number of nitrogens with zero attached hydrogens (tertiary/aromatic N) is 4. The minimum atomic E-state index is -0.152. The summed E-state index contributed by atoms with van der Waals surface area (Å²) in [6.07, 6.45) is 2.59. The van der Waals surface area contributed by atoms with E-state index in [1.165, 1.54) is 18.5 Å². The summed E-state index contributed by atoms with van der Waals surface area (Å²) in [6.45, 7) is 4.51. The monoisotopic (exact) mass is 300 g/mol. The van der Waals surface area contributed by atoms with Crippen LogP contribution >= 0.6 is 0 Å². The van der Waals surface area contributed by atoms with E-state index >= 15 is 0 Å². The molecule has 0 unspecified atom stereocenters. The van der Waals surface area contributed by atoms with Gasteiger partial charge in [0.2, 0.25) is 5.91 Å². The van der Waals surface area contributed by atoms with Gasteiger partial charge in [0.1, 0.15) is 0 Å². The molecule has 1 aliphatic rings. The van der Waals surface area contributed by atoms with Crippen LogP contribution in [0.5, 0.6) is 0 Å². The molecule has 1 amide bonds. The lowest BCUT2D eigenvalue weighted by Gasteiger charge is -2.32. The third-order valence-electron chi connectivity index (χ3n) is 4.01. The molecule has 0 bridgehead atoms. The molecule has 1 aromatic heterocycles. The number of carbonyl (C=O) groups is 1. The molecular weight excluding hydrogens is 280 g/mol. The second-order valence-electron chi connectivity index (χ2n) is 5.77. The van der Waals surface area contributed by atoms with E-state index in [2.05, 4.69) is 49.9 Å². The first-order valence-corrected chi connectivity index (χ1v) is 7.58. The van der Waals surface area contributed by atoms with E-state index in [1.807, 2.05) is 12.1 Å². The molecule has 3 rings (SSSR count). The molecule has 2 N–H and O–H groups in total. The smallest absolute Gasteiger partial charge is 0.232 e. The Morgan fingerprint density at radius 3 is 2.68 bits per heavy atom. The summed E-state index contributed by atoms with van der Waals surface area (Å²) in [5.74, 6) is 1.05. The molecule has 2 aromatic rings. The van der Waals surface area contributed by atoms with E-state index < -0.39 is 0 Å².